The van der Waals surface area contributed by atoms with Gasteiger partial charge in [0.2, 0.25) is 10.0 Å². The molecule has 0 atom stereocenters. The number of benzene rings is 1. The summed E-state index contributed by atoms with van der Waals surface area (Å²) in [4.78, 5) is 32.1. The molecule has 1 aromatic heterocycles. The van der Waals surface area contributed by atoms with Crippen LogP contribution in [0.25, 0.3) is 0 Å². The molecule has 3 heterocycles. The first kappa shape index (κ1) is 24.8. The lowest BCUT2D eigenvalue weighted by molar-refractivity contribution is 0.0792. The summed E-state index contributed by atoms with van der Waals surface area (Å²) in [5, 5.41) is 3.55. The summed E-state index contributed by atoms with van der Waals surface area (Å²) < 4.78 is 25.8. The number of nitrogens with zero attached hydrogens (tertiary/aromatic N) is 3. The second-order valence-electron chi connectivity index (χ2n) is 9.29. The number of hydrogen-bond donors (Lipinski definition) is 1. The van der Waals surface area contributed by atoms with Crippen LogP contribution in [0.5, 0.6) is 0 Å². The number of rotatable bonds is 6. The molecule has 0 unspecified atom stereocenters. The van der Waals surface area contributed by atoms with Crippen LogP contribution in [-0.2, 0) is 23.0 Å². The van der Waals surface area contributed by atoms with E-state index in [1.54, 1.807) is 0 Å². The number of thiophene rings is 1. The molecule has 0 bridgehead atoms. The van der Waals surface area contributed by atoms with Crippen LogP contribution in [0.4, 0.5) is 5.00 Å². The molecule has 1 N–H and O–H groups in total. The van der Waals surface area contributed by atoms with Crippen LogP contribution in [0.1, 0.15) is 57.8 Å². The summed E-state index contributed by atoms with van der Waals surface area (Å²) in [5.74, 6) is -0.362. The lowest BCUT2D eigenvalue weighted by Crippen LogP contribution is -2.36. The smallest absolute Gasteiger partial charge is 0.257 e. The fourth-order valence-corrected chi connectivity index (χ4v) is 6.58. The zero-order valence-corrected chi connectivity index (χ0v) is 21.8. The SMILES string of the molecule is CC(C)N1CCc2c(sc(NC(=O)c3ccc(S(=O)(=O)N(C)C)cc3)c2C(=O)N2CCCC2)C1. The van der Waals surface area contributed by atoms with Crippen molar-refractivity contribution in [3.8, 4) is 0 Å². The molecule has 2 amide bonds. The highest BCUT2D eigenvalue weighted by molar-refractivity contribution is 7.89. The number of likely N-dealkylation sites (tertiary alicyclic amines) is 1. The highest BCUT2D eigenvalue weighted by Gasteiger charge is 2.32. The van der Waals surface area contributed by atoms with E-state index >= 15 is 0 Å². The van der Waals surface area contributed by atoms with Crippen LogP contribution in [0, 0.1) is 0 Å². The summed E-state index contributed by atoms with van der Waals surface area (Å²) in [6, 6.07) is 6.27. The maximum atomic E-state index is 13.4. The Hall–Kier alpha value is -2.27. The van der Waals surface area contributed by atoms with Crippen molar-refractivity contribution < 1.29 is 18.0 Å². The summed E-state index contributed by atoms with van der Waals surface area (Å²) in [5.41, 5.74) is 2.03. The molecule has 34 heavy (non-hydrogen) atoms. The van der Waals surface area contributed by atoms with Crippen molar-refractivity contribution in [2.75, 3.05) is 39.0 Å². The van der Waals surface area contributed by atoms with Gasteiger partial charge in [-0.25, -0.2) is 12.7 Å². The summed E-state index contributed by atoms with van der Waals surface area (Å²) in [6.07, 6.45) is 2.79. The Kier molecular flexibility index (Phi) is 7.14. The summed E-state index contributed by atoms with van der Waals surface area (Å²) >= 11 is 1.48. The largest absolute Gasteiger partial charge is 0.339 e. The Balaban J connectivity index is 1.63. The third-order valence-electron chi connectivity index (χ3n) is 6.55. The fraction of sp³-hybridized carbons (Fsp3) is 0.500. The number of anilines is 1. The van der Waals surface area contributed by atoms with Crippen molar-refractivity contribution >= 4 is 38.2 Å². The average Bonchev–Trinajstić information content (AvgIpc) is 3.46. The zero-order valence-electron chi connectivity index (χ0n) is 20.1. The first-order valence-electron chi connectivity index (χ1n) is 11.6. The number of carbonyl (C=O) groups excluding carboxylic acids is 2. The van der Waals surface area contributed by atoms with Crippen LogP contribution in [0.15, 0.2) is 29.2 Å². The molecule has 4 rings (SSSR count). The highest BCUT2D eigenvalue weighted by atomic mass is 32.2. The van der Waals surface area contributed by atoms with Gasteiger partial charge in [-0.1, -0.05) is 0 Å². The third-order valence-corrected chi connectivity index (χ3v) is 9.51. The standard InChI is InChI=1S/C24H32N4O4S2/c1-16(2)28-14-11-19-20(15-28)33-23(21(19)24(30)27-12-5-6-13-27)25-22(29)17-7-9-18(10-8-17)34(31,32)26(3)4/h7-10,16H,5-6,11-15H2,1-4H3,(H,25,29). The van der Waals surface area contributed by atoms with Gasteiger partial charge in [-0.2, -0.15) is 0 Å². The van der Waals surface area contributed by atoms with Crippen molar-refractivity contribution in [2.24, 2.45) is 0 Å². The Bertz CT molecular complexity index is 1180. The molecule has 0 radical (unpaired) electrons. The zero-order chi connectivity index (χ0) is 24.6. The molecule has 2 aliphatic rings. The molecule has 1 saturated heterocycles. The molecule has 2 aliphatic heterocycles. The molecule has 184 valence electrons. The Morgan fingerprint density at radius 2 is 1.71 bits per heavy atom. The second-order valence-corrected chi connectivity index (χ2v) is 12.5. The van der Waals surface area contributed by atoms with Gasteiger partial charge in [-0.15, -0.1) is 11.3 Å². The highest BCUT2D eigenvalue weighted by Crippen LogP contribution is 2.39. The maximum absolute atomic E-state index is 13.4. The van der Waals surface area contributed by atoms with Crippen LogP contribution in [-0.4, -0.2) is 74.1 Å². The first-order chi connectivity index (χ1) is 16.1. The van der Waals surface area contributed by atoms with Gasteiger partial charge < -0.3 is 10.2 Å². The van der Waals surface area contributed by atoms with Crippen LogP contribution >= 0.6 is 11.3 Å². The van der Waals surface area contributed by atoms with E-state index in [1.165, 1.54) is 49.7 Å². The molecule has 1 aromatic carbocycles. The molecular weight excluding hydrogens is 472 g/mol. The molecule has 2 aromatic rings. The molecule has 0 spiro atoms. The van der Waals surface area contributed by atoms with E-state index in [0.29, 0.717) is 22.2 Å². The number of carbonyl (C=O) groups is 2. The average molecular weight is 505 g/mol. The van der Waals surface area contributed by atoms with E-state index < -0.39 is 10.0 Å². The van der Waals surface area contributed by atoms with E-state index in [2.05, 4.69) is 24.1 Å². The van der Waals surface area contributed by atoms with E-state index in [4.69, 9.17) is 0 Å². The van der Waals surface area contributed by atoms with Crippen LogP contribution < -0.4 is 5.32 Å². The number of sulfonamides is 1. The predicted molar refractivity (Wildman–Crippen MR) is 134 cm³/mol. The van der Waals surface area contributed by atoms with E-state index in [-0.39, 0.29) is 16.7 Å². The van der Waals surface area contributed by atoms with Gasteiger partial charge in [0, 0.05) is 56.8 Å². The minimum absolute atomic E-state index is 0.00396. The number of nitrogens with one attached hydrogen (secondary N) is 1. The molecule has 10 heteroatoms. The molecule has 0 saturated carbocycles. The van der Waals surface area contributed by atoms with Gasteiger partial charge in [-0.05, 0) is 62.9 Å². The molecular formula is C24H32N4O4S2. The lowest BCUT2D eigenvalue weighted by Gasteiger charge is -2.30. The quantitative estimate of drug-likeness (QED) is 0.652. The Morgan fingerprint density at radius 1 is 1.06 bits per heavy atom. The number of hydrogen-bond acceptors (Lipinski definition) is 6. The van der Waals surface area contributed by atoms with Gasteiger partial charge in [-0.3, -0.25) is 14.5 Å². The van der Waals surface area contributed by atoms with E-state index in [0.717, 1.165) is 60.2 Å². The first-order valence-corrected chi connectivity index (χ1v) is 13.9. The van der Waals surface area contributed by atoms with E-state index in [1.807, 2.05) is 4.90 Å². The van der Waals surface area contributed by atoms with Crippen molar-refractivity contribution in [1.82, 2.24) is 14.1 Å². The normalized spacial score (nSPS) is 16.8. The van der Waals surface area contributed by atoms with Crippen molar-refractivity contribution in [2.45, 2.75) is 50.6 Å². The Morgan fingerprint density at radius 3 is 2.29 bits per heavy atom. The van der Waals surface area contributed by atoms with E-state index in [9.17, 15) is 18.0 Å². The van der Waals surface area contributed by atoms with Gasteiger partial charge in [0.15, 0.2) is 0 Å². The van der Waals surface area contributed by atoms with Gasteiger partial charge in [0.1, 0.15) is 5.00 Å². The summed E-state index contributed by atoms with van der Waals surface area (Å²) in [7, 11) is -0.639. The van der Waals surface area contributed by atoms with Crippen molar-refractivity contribution in [1.29, 1.82) is 0 Å². The minimum atomic E-state index is -3.57. The van der Waals surface area contributed by atoms with Crippen LogP contribution in [0.3, 0.4) is 0 Å². The Labute approximate surface area is 205 Å². The fourth-order valence-electron chi connectivity index (χ4n) is 4.42. The number of amides is 2. The third kappa shape index (κ3) is 4.77. The van der Waals surface area contributed by atoms with Crippen molar-refractivity contribution in [3.05, 3.63) is 45.8 Å². The van der Waals surface area contributed by atoms with Gasteiger partial charge >= 0.3 is 0 Å². The maximum Gasteiger partial charge on any atom is 0.257 e. The predicted octanol–water partition coefficient (Wildman–Crippen LogP) is 3.25. The van der Waals surface area contributed by atoms with Gasteiger partial charge in [0.25, 0.3) is 11.8 Å². The lowest BCUT2D eigenvalue weighted by atomic mass is 10.0. The topological polar surface area (TPSA) is 90.0 Å². The number of fused-ring (bicyclic) bond motifs is 1. The van der Waals surface area contributed by atoms with Gasteiger partial charge in [0.05, 0.1) is 10.5 Å². The second kappa shape index (κ2) is 9.77. The summed E-state index contributed by atoms with van der Waals surface area (Å²) in [6.45, 7) is 7.48. The monoisotopic (exact) mass is 504 g/mol. The molecule has 0 aliphatic carbocycles. The minimum Gasteiger partial charge on any atom is -0.339 e. The van der Waals surface area contributed by atoms with Crippen molar-refractivity contribution in [3.63, 3.8) is 0 Å². The molecule has 8 nitrogen and oxygen atoms in total. The van der Waals surface area contributed by atoms with Crippen LogP contribution in [0.2, 0.25) is 0 Å². The molecule has 1 fully saturated rings.